The van der Waals surface area contributed by atoms with Crippen LogP contribution in [0.3, 0.4) is 0 Å². The van der Waals surface area contributed by atoms with E-state index in [0.717, 1.165) is 13.0 Å². The number of hydrogen-bond donors (Lipinski definition) is 1. The quantitative estimate of drug-likeness (QED) is 0.680. The highest BCUT2D eigenvalue weighted by atomic mass is 16.1. The van der Waals surface area contributed by atoms with Gasteiger partial charge in [-0.3, -0.25) is 4.79 Å². The van der Waals surface area contributed by atoms with Gasteiger partial charge in [-0.25, -0.2) is 0 Å². The standard InChI is InChI=1S/C8H17NO.3C2H6/c1-3-4-5-6-7-9-8(2)10;3*1-2/h3-7H2,1-2H3,(H,9,10);3*1-2H3. The van der Waals surface area contributed by atoms with E-state index in [9.17, 15) is 4.79 Å². The summed E-state index contributed by atoms with van der Waals surface area (Å²) in [6.45, 7) is 16.6. The van der Waals surface area contributed by atoms with Crippen LogP contribution in [0.15, 0.2) is 0 Å². The first-order chi connectivity index (χ1) is 7.77. The molecule has 0 aromatic carbocycles. The van der Waals surface area contributed by atoms with Crippen LogP contribution in [-0.4, -0.2) is 12.5 Å². The highest BCUT2D eigenvalue weighted by molar-refractivity contribution is 5.72. The number of unbranched alkanes of at least 4 members (excludes halogenated alkanes) is 3. The fourth-order valence-corrected chi connectivity index (χ4v) is 0.816. The molecule has 0 saturated carbocycles. The van der Waals surface area contributed by atoms with Gasteiger partial charge in [0.05, 0.1) is 0 Å². The van der Waals surface area contributed by atoms with Crippen molar-refractivity contribution < 1.29 is 4.79 Å². The summed E-state index contributed by atoms with van der Waals surface area (Å²) < 4.78 is 0. The number of carbonyl (C=O) groups is 1. The average molecular weight is 233 g/mol. The molecule has 0 aliphatic rings. The molecule has 2 nitrogen and oxygen atoms in total. The number of rotatable bonds is 5. The van der Waals surface area contributed by atoms with Crippen molar-refractivity contribution in [3.63, 3.8) is 0 Å². The minimum Gasteiger partial charge on any atom is -0.356 e. The third-order valence-electron chi connectivity index (χ3n) is 1.40. The van der Waals surface area contributed by atoms with E-state index in [1.165, 1.54) is 19.3 Å². The summed E-state index contributed by atoms with van der Waals surface area (Å²) in [5, 5.41) is 2.77. The van der Waals surface area contributed by atoms with E-state index in [1.807, 2.05) is 41.5 Å². The van der Waals surface area contributed by atoms with Gasteiger partial charge in [-0.1, -0.05) is 67.7 Å². The first-order valence-corrected chi connectivity index (χ1v) is 7.01. The van der Waals surface area contributed by atoms with Gasteiger partial charge in [0.1, 0.15) is 0 Å². The predicted octanol–water partition coefficient (Wildman–Crippen LogP) is 4.78. The number of carbonyl (C=O) groups excluding carboxylic acids is 1. The average Bonchev–Trinajstić information content (AvgIpc) is 2.36. The van der Waals surface area contributed by atoms with Gasteiger partial charge in [-0.2, -0.15) is 0 Å². The van der Waals surface area contributed by atoms with Crippen LogP contribution in [0, 0.1) is 0 Å². The zero-order valence-corrected chi connectivity index (χ0v) is 12.9. The van der Waals surface area contributed by atoms with E-state index in [2.05, 4.69) is 12.2 Å². The topological polar surface area (TPSA) is 29.1 Å². The molecule has 0 heterocycles. The monoisotopic (exact) mass is 233 g/mol. The van der Waals surface area contributed by atoms with Crippen molar-refractivity contribution in [2.45, 2.75) is 81.1 Å². The Labute approximate surface area is 104 Å². The molecule has 0 rings (SSSR count). The Morgan fingerprint density at radius 2 is 1.31 bits per heavy atom. The summed E-state index contributed by atoms with van der Waals surface area (Å²) >= 11 is 0. The fraction of sp³-hybridized carbons (Fsp3) is 0.929. The Morgan fingerprint density at radius 3 is 1.62 bits per heavy atom. The van der Waals surface area contributed by atoms with Gasteiger partial charge in [0.2, 0.25) is 5.91 Å². The Balaban J connectivity index is -0.000000103. The van der Waals surface area contributed by atoms with Gasteiger partial charge in [0, 0.05) is 13.5 Å². The van der Waals surface area contributed by atoms with Crippen molar-refractivity contribution in [1.29, 1.82) is 0 Å². The highest BCUT2D eigenvalue weighted by Crippen LogP contribution is 1.96. The lowest BCUT2D eigenvalue weighted by Gasteiger charge is -1.99. The van der Waals surface area contributed by atoms with Crippen LogP contribution in [0.1, 0.15) is 81.1 Å². The molecule has 1 N–H and O–H groups in total. The van der Waals surface area contributed by atoms with Gasteiger partial charge in [-0.15, -0.1) is 0 Å². The van der Waals surface area contributed by atoms with Gasteiger partial charge in [0.25, 0.3) is 0 Å². The molecule has 16 heavy (non-hydrogen) atoms. The smallest absolute Gasteiger partial charge is 0.216 e. The molecular weight excluding hydrogens is 198 g/mol. The molecule has 0 unspecified atom stereocenters. The molecule has 102 valence electrons. The maximum absolute atomic E-state index is 10.4. The lowest BCUT2D eigenvalue weighted by Crippen LogP contribution is -2.20. The van der Waals surface area contributed by atoms with Crippen molar-refractivity contribution >= 4 is 5.91 Å². The van der Waals surface area contributed by atoms with E-state index in [0.29, 0.717) is 0 Å². The molecule has 0 aromatic rings. The largest absolute Gasteiger partial charge is 0.356 e. The molecular formula is C14H35NO. The van der Waals surface area contributed by atoms with Crippen molar-refractivity contribution in [2.24, 2.45) is 0 Å². The molecule has 0 fully saturated rings. The SMILES string of the molecule is CC.CC.CC.CCCCCCNC(C)=O. The van der Waals surface area contributed by atoms with E-state index >= 15 is 0 Å². The first-order valence-electron chi connectivity index (χ1n) is 7.01. The van der Waals surface area contributed by atoms with Crippen LogP contribution in [0.4, 0.5) is 0 Å². The summed E-state index contributed by atoms with van der Waals surface area (Å²) in [4.78, 5) is 10.4. The molecule has 0 spiro atoms. The summed E-state index contributed by atoms with van der Waals surface area (Å²) in [6.07, 6.45) is 4.88. The first kappa shape index (κ1) is 24.6. The number of nitrogens with one attached hydrogen (secondary N) is 1. The van der Waals surface area contributed by atoms with Gasteiger partial charge in [-0.05, 0) is 6.42 Å². The molecule has 0 aromatic heterocycles. The summed E-state index contributed by atoms with van der Waals surface area (Å²) in [5.41, 5.74) is 0. The second-order valence-corrected chi connectivity index (χ2v) is 2.54. The summed E-state index contributed by atoms with van der Waals surface area (Å²) in [6, 6.07) is 0. The van der Waals surface area contributed by atoms with E-state index in [4.69, 9.17) is 0 Å². The van der Waals surface area contributed by atoms with Crippen LogP contribution < -0.4 is 5.32 Å². The van der Waals surface area contributed by atoms with Crippen LogP contribution in [0.5, 0.6) is 0 Å². The fourth-order valence-electron chi connectivity index (χ4n) is 0.816. The van der Waals surface area contributed by atoms with Gasteiger partial charge in [0.15, 0.2) is 0 Å². The predicted molar refractivity (Wildman–Crippen MR) is 76.9 cm³/mol. The van der Waals surface area contributed by atoms with Crippen LogP contribution >= 0.6 is 0 Å². The summed E-state index contributed by atoms with van der Waals surface area (Å²) in [7, 11) is 0. The Bertz CT molecular complexity index is 92.7. The minimum absolute atomic E-state index is 0.0801. The molecule has 1 amide bonds. The third kappa shape index (κ3) is 50.0. The number of amides is 1. The lowest BCUT2D eigenvalue weighted by molar-refractivity contribution is -0.118. The molecule has 0 aliphatic heterocycles. The van der Waals surface area contributed by atoms with Crippen molar-refractivity contribution in [1.82, 2.24) is 5.32 Å². The Hall–Kier alpha value is -0.530. The van der Waals surface area contributed by atoms with Crippen LogP contribution in [0.25, 0.3) is 0 Å². The third-order valence-corrected chi connectivity index (χ3v) is 1.40. The molecule has 0 aliphatic carbocycles. The van der Waals surface area contributed by atoms with E-state index < -0.39 is 0 Å². The molecule has 0 bridgehead atoms. The van der Waals surface area contributed by atoms with Crippen LogP contribution in [0.2, 0.25) is 0 Å². The molecule has 0 saturated heterocycles. The minimum atomic E-state index is 0.0801. The second kappa shape index (κ2) is 36.6. The zero-order chi connectivity index (χ0) is 13.8. The van der Waals surface area contributed by atoms with Crippen molar-refractivity contribution in [3.8, 4) is 0 Å². The Kier molecular flexibility index (Phi) is 56.3. The summed E-state index contributed by atoms with van der Waals surface area (Å²) in [5.74, 6) is 0.0801. The normalized spacial score (nSPS) is 7.00. The van der Waals surface area contributed by atoms with Crippen LogP contribution in [-0.2, 0) is 4.79 Å². The van der Waals surface area contributed by atoms with Gasteiger partial charge >= 0.3 is 0 Å². The maximum atomic E-state index is 10.4. The van der Waals surface area contributed by atoms with E-state index in [-0.39, 0.29) is 5.91 Å². The highest BCUT2D eigenvalue weighted by Gasteiger charge is 1.89. The lowest BCUT2D eigenvalue weighted by atomic mass is 10.2. The van der Waals surface area contributed by atoms with E-state index in [1.54, 1.807) is 6.92 Å². The van der Waals surface area contributed by atoms with Crippen molar-refractivity contribution in [2.75, 3.05) is 6.54 Å². The number of hydrogen-bond acceptors (Lipinski definition) is 1. The molecule has 0 radical (unpaired) electrons. The maximum Gasteiger partial charge on any atom is 0.216 e. The second-order valence-electron chi connectivity index (χ2n) is 2.54. The van der Waals surface area contributed by atoms with Crippen molar-refractivity contribution in [3.05, 3.63) is 0 Å². The molecule has 2 heteroatoms. The Morgan fingerprint density at radius 1 is 0.875 bits per heavy atom. The van der Waals surface area contributed by atoms with Gasteiger partial charge < -0.3 is 5.32 Å². The zero-order valence-electron chi connectivity index (χ0n) is 12.9. The molecule has 0 atom stereocenters.